The van der Waals surface area contributed by atoms with Gasteiger partial charge in [0, 0.05) is 11.2 Å². The van der Waals surface area contributed by atoms with E-state index in [0.717, 1.165) is 0 Å². The zero-order chi connectivity index (χ0) is 9.73. The van der Waals surface area contributed by atoms with Crippen molar-refractivity contribution in [1.29, 1.82) is 0 Å². The first-order valence-corrected chi connectivity index (χ1v) is 5.98. The second-order valence-electron chi connectivity index (χ2n) is 2.13. The van der Waals surface area contributed by atoms with Crippen LogP contribution < -0.4 is 10.3 Å². The van der Waals surface area contributed by atoms with Gasteiger partial charge in [0.05, 0.1) is 0 Å². The third kappa shape index (κ3) is 3.79. The average Bonchev–Trinajstić information content (AvgIpc) is 2.04. The number of nitrogens with two attached hydrogens (primary N) is 1. The maximum absolute atomic E-state index is 11.2. The Morgan fingerprint density at radius 1 is 1.38 bits per heavy atom. The molecule has 0 bridgehead atoms. The predicted molar refractivity (Wildman–Crippen MR) is 50.7 cm³/mol. The van der Waals surface area contributed by atoms with E-state index in [2.05, 4.69) is 4.52 Å². The lowest BCUT2D eigenvalue weighted by Gasteiger charge is -2.10. The van der Waals surface area contributed by atoms with Crippen molar-refractivity contribution in [3.05, 3.63) is 30.3 Å². The lowest BCUT2D eigenvalue weighted by atomic mass is 10.3. The van der Waals surface area contributed by atoms with Crippen molar-refractivity contribution in [3.8, 4) is 5.75 Å². The first-order valence-electron chi connectivity index (χ1n) is 3.53. The molecular weight excluding hydrogens is 213 g/mol. The number of hydrogen-bond acceptors (Lipinski definition) is 4. The minimum absolute atomic E-state index is 0.242. The monoisotopic (exact) mass is 221 g/mol. The number of hydrogen-bond donors (Lipinski definition) is 1. The molecule has 0 aliphatic heterocycles. The van der Waals surface area contributed by atoms with Crippen molar-refractivity contribution in [2.45, 2.75) is 0 Å². The van der Waals surface area contributed by atoms with Crippen LogP contribution in [-0.2, 0) is 9.09 Å². The van der Waals surface area contributed by atoms with Gasteiger partial charge in [0.1, 0.15) is 12.5 Å². The topological polar surface area (TPSA) is 61.5 Å². The summed E-state index contributed by atoms with van der Waals surface area (Å²) >= 11 is 5.40. The van der Waals surface area contributed by atoms with Gasteiger partial charge in [-0.05, 0) is 12.1 Å². The van der Waals surface area contributed by atoms with E-state index >= 15 is 0 Å². The quantitative estimate of drug-likeness (QED) is 0.626. The van der Waals surface area contributed by atoms with E-state index in [1.54, 1.807) is 30.3 Å². The fourth-order valence-corrected chi connectivity index (χ4v) is 1.74. The van der Waals surface area contributed by atoms with Crippen molar-refractivity contribution in [2.24, 2.45) is 5.73 Å². The van der Waals surface area contributed by atoms with E-state index < -0.39 is 6.95 Å². The smallest absolute Gasteiger partial charge is 0.413 e. The largest absolute Gasteiger partial charge is 0.477 e. The minimum atomic E-state index is -3.57. The van der Waals surface area contributed by atoms with Crippen molar-refractivity contribution in [1.82, 2.24) is 0 Å². The van der Waals surface area contributed by atoms with Crippen LogP contribution in [0.15, 0.2) is 30.3 Å². The summed E-state index contributed by atoms with van der Waals surface area (Å²) in [6.07, 6.45) is 0. The SMILES string of the molecule is NCOP(=O)(Cl)Oc1ccccc1. The highest BCUT2D eigenvalue weighted by molar-refractivity contribution is 7.81. The van der Waals surface area contributed by atoms with Gasteiger partial charge in [0.2, 0.25) is 0 Å². The van der Waals surface area contributed by atoms with Gasteiger partial charge in [-0.2, -0.15) is 0 Å². The van der Waals surface area contributed by atoms with E-state index in [-0.39, 0.29) is 6.73 Å². The summed E-state index contributed by atoms with van der Waals surface area (Å²) < 4.78 is 20.6. The van der Waals surface area contributed by atoms with Gasteiger partial charge in [-0.3, -0.25) is 4.52 Å². The van der Waals surface area contributed by atoms with Crippen LogP contribution in [0.2, 0.25) is 0 Å². The van der Waals surface area contributed by atoms with Gasteiger partial charge in [0.15, 0.2) is 0 Å². The molecule has 13 heavy (non-hydrogen) atoms. The molecule has 6 heteroatoms. The third-order valence-electron chi connectivity index (χ3n) is 1.19. The highest BCUT2D eigenvalue weighted by Crippen LogP contribution is 2.52. The Kier molecular flexibility index (Phi) is 3.75. The first kappa shape index (κ1) is 10.5. The van der Waals surface area contributed by atoms with Crippen LogP contribution in [0.1, 0.15) is 0 Å². The Bertz CT molecular complexity index is 306. The van der Waals surface area contributed by atoms with Crippen LogP contribution in [-0.4, -0.2) is 6.73 Å². The number of para-hydroxylation sites is 1. The van der Waals surface area contributed by atoms with Crippen LogP contribution in [0.5, 0.6) is 5.75 Å². The summed E-state index contributed by atoms with van der Waals surface area (Å²) in [5, 5.41) is 0. The molecule has 2 N–H and O–H groups in total. The zero-order valence-corrected chi connectivity index (χ0v) is 8.37. The molecule has 0 saturated carbocycles. The molecule has 0 radical (unpaired) electrons. The molecule has 0 heterocycles. The summed E-state index contributed by atoms with van der Waals surface area (Å²) in [6, 6.07) is 8.50. The number of benzene rings is 1. The van der Waals surface area contributed by atoms with Crippen LogP contribution in [0, 0.1) is 0 Å². The Morgan fingerprint density at radius 3 is 2.54 bits per heavy atom. The highest BCUT2D eigenvalue weighted by atomic mass is 35.7. The molecule has 0 aliphatic rings. The normalized spacial score (nSPS) is 14.9. The van der Waals surface area contributed by atoms with Gasteiger partial charge in [-0.1, -0.05) is 18.2 Å². The van der Waals surface area contributed by atoms with Gasteiger partial charge >= 0.3 is 6.95 Å². The lowest BCUT2D eigenvalue weighted by molar-refractivity contribution is 0.287. The van der Waals surface area contributed by atoms with Gasteiger partial charge in [-0.15, -0.1) is 0 Å². The van der Waals surface area contributed by atoms with Crippen molar-refractivity contribution < 1.29 is 13.6 Å². The van der Waals surface area contributed by atoms with Crippen molar-refractivity contribution in [2.75, 3.05) is 6.73 Å². The molecule has 1 unspecified atom stereocenters. The lowest BCUT2D eigenvalue weighted by Crippen LogP contribution is -2.03. The molecule has 1 rings (SSSR count). The third-order valence-corrected chi connectivity index (χ3v) is 2.57. The molecule has 1 aromatic carbocycles. The predicted octanol–water partition coefficient (Wildman–Crippen LogP) is 2.35. The van der Waals surface area contributed by atoms with Crippen LogP contribution in [0.4, 0.5) is 0 Å². The Labute approximate surface area is 80.9 Å². The fourth-order valence-electron chi connectivity index (χ4n) is 0.723. The van der Waals surface area contributed by atoms with Gasteiger partial charge < -0.3 is 10.3 Å². The molecule has 0 aromatic heterocycles. The van der Waals surface area contributed by atoms with Crippen LogP contribution in [0.3, 0.4) is 0 Å². The van der Waals surface area contributed by atoms with E-state index in [9.17, 15) is 4.57 Å². The highest BCUT2D eigenvalue weighted by Gasteiger charge is 2.21. The van der Waals surface area contributed by atoms with E-state index in [4.69, 9.17) is 21.5 Å². The molecule has 0 fully saturated rings. The second kappa shape index (κ2) is 4.63. The summed E-state index contributed by atoms with van der Waals surface area (Å²) in [5.74, 6) is 0.384. The zero-order valence-electron chi connectivity index (χ0n) is 6.72. The summed E-state index contributed by atoms with van der Waals surface area (Å²) in [4.78, 5) is 0. The average molecular weight is 222 g/mol. The summed E-state index contributed by atoms with van der Waals surface area (Å²) in [7, 11) is 0. The maximum Gasteiger partial charge on any atom is 0.477 e. The summed E-state index contributed by atoms with van der Waals surface area (Å²) in [5.41, 5.74) is 5.01. The van der Waals surface area contributed by atoms with E-state index in [1.807, 2.05) is 0 Å². The Balaban J connectivity index is 2.64. The maximum atomic E-state index is 11.2. The molecule has 1 atom stereocenters. The van der Waals surface area contributed by atoms with E-state index in [0.29, 0.717) is 5.75 Å². The van der Waals surface area contributed by atoms with Gasteiger partial charge in [0.25, 0.3) is 0 Å². The van der Waals surface area contributed by atoms with Crippen molar-refractivity contribution >= 4 is 18.2 Å². The Hall–Kier alpha value is -0.540. The molecule has 4 nitrogen and oxygen atoms in total. The molecule has 72 valence electrons. The molecule has 0 spiro atoms. The van der Waals surface area contributed by atoms with Crippen LogP contribution >= 0.6 is 18.2 Å². The fraction of sp³-hybridized carbons (Fsp3) is 0.143. The number of halogens is 1. The minimum Gasteiger partial charge on any atom is -0.413 e. The van der Waals surface area contributed by atoms with Crippen LogP contribution in [0.25, 0.3) is 0 Å². The van der Waals surface area contributed by atoms with E-state index in [1.165, 1.54) is 0 Å². The summed E-state index contributed by atoms with van der Waals surface area (Å²) in [6.45, 7) is -3.81. The molecule has 0 amide bonds. The standard InChI is InChI=1S/C7H9ClNO3P/c8-13(10,11-6-9)12-7-4-2-1-3-5-7/h1-5H,6,9H2. The molecule has 0 saturated heterocycles. The first-order chi connectivity index (χ1) is 6.14. The number of rotatable bonds is 4. The van der Waals surface area contributed by atoms with Crippen molar-refractivity contribution in [3.63, 3.8) is 0 Å². The molecule has 0 aliphatic carbocycles. The van der Waals surface area contributed by atoms with Gasteiger partial charge in [-0.25, -0.2) is 4.57 Å². The second-order valence-corrected chi connectivity index (χ2v) is 4.67. The Morgan fingerprint density at radius 2 is 2.00 bits per heavy atom. The molecular formula is C7H9ClNO3P. The molecule has 1 aromatic rings.